The number of hydrogen-bond donors (Lipinski definition) is 1. The van der Waals surface area contributed by atoms with Crippen molar-refractivity contribution in [3.63, 3.8) is 0 Å². The monoisotopic (exact) mass is 266 g/mol. The smallest absolute Gasteiger partial charge is 0.191 e. The van der Waals surface area contributed by atoms with Crippen molar-refractivity contribution in [2.45, 2.75) is 50.9 Å². The van der Waals surface area contributed by atoms with E-state index >= 15 is 0 Å². The van der Waals surface area contributed by atoms with Gasteiger partial charge in [0, 0.05) is 12.3 Å². The quantitative estimate of drug-likeness (QED) is 0.831. The molecule has 1 aromatic heterocycles. The third kappa shape index (κ3) is 2.18. The van der Waals surface area contributed by atoms with Gasteiger partial charge in [0.15, 0.2) is 5.16 Å². The van der Waals surface area contributed by atoms with E-state index in [2.05, 4.69) is 21.7 Å². The predicted octanol–water partition coefficient (Wildman–Crippen LogP) is 2.29. The molecule has 0 aliphatic heterocycles. The van der Waals surface area contributed by atoms with Gasteiger partial charge < -0.3 is 10.3 Å². The van der Waals surface area contributed by atoms with Gasteiger partial charge in [-0.25, -0.2) is 0 Å². The van der Waals surface area contributed by atoms with E-state index in [0.717, 1.165) is 35.3 Å². The first kappa shape index (κ1) is 12.5. The molecule has 0 aromatic carbocycles. The zero-order valence-corrected chi connectivity index (χ0v) is 11.8. The Morgan fingerprint density at radius 2 is 2.22 bits per heavy atom. The lowest BCUT2D eigenvalue weighted by Crippen LogP contribution is -2.13. The molecule has 100 valence electrons. The first-order valence-corrected chi connectivity index (χ1v) is 8.05. The summed E-state index contributed by atoms with van der Waals surface area (Å²) in [4.78, 5) is 0. The maximum atomic E-state index is 5.67. The van der Waals surface area contributed by atoms with E-state index < -0.39 is 0 Å². The number of nitrogens with two attached hydrogens (primary N) is 1. The molecule has 2 saturated carbocycles. The first-order chi connectivity index (χ1) is 8.81. The van der Waals surface area contributed by atoms with Crippen LogP contribution in [0.3, 0.4) is 0 Å². The van der Waals surface area contributed by atoms with Crippen molar-refractivity contribution in [3.05, 3.63) is 5.82 Å². The van der Waals surface area contributed by atoms with Crippen LogP contribution in [0.15, 0.2) is 5.16 Å². The SMILES string of the molecule is CCn1c(CN)nnc1SCC1CC2CCC1C2. The Morgan fingerprint density at radius 1 is 1.33 bits per heavy atom. The van der Waals surface area contributed by atoms with E-state index in [1.165, 1.54) is 31.4 Å². The second-order valence-electron chi connectivity index (χ2n) is 5.59. The molecule has 5 heteroatoms. The molecule has 2 fully saturated rings. The van der Waals surface area contributed by atoms with Gasteiger partial charge in [0.05, 0.1) is 6.54 Å². The van der Waals surface area contributed by atoms with Gasteiger partial charge in [0.2, 0.25) is 0 Å². The first-order valence-electron chi connectivity index (χ1n) is 7.06. The number of thioether (sulfide) groups is 1. The van der Waals surface area contributed by atoms with E-state index in [1.54, 1.807) is 0 Å². The van der Waals surface area contributed by atoms with Crippen LogP contribution in [-0.2, 0) is 13.1 Å². The summed E-state index contributed by atoms with van der Waals surface area (Å²) in [6.45, 7) is 3.53. The molecular weight excluding hydrogens is 244 g/mol. The Labute approximate surface area is 113 Å². The van der Waals surface area contributed by atoms with Crippen molar-refractivity contribution in [1.82, 2.24) is 14.8 Å². The van der Waals surface area contributed by atoms with Gasteiger partial charge >= 0.3 is 0 Å². The number of hydrogen-bond acceptors (Lipinski definition) is 4. The van der Waals surface area contributed by atoms with Crippen molar-refractivity contribution in [2.75, 3.05) is 5.75 Å². The minimum atomic E-state index is 0.482. The average molecular weight is 266 g/mol. The van der Waals surface area contributed by atoms with Crippen LogP contribution in [0.4, 0.5) is 0 Å². The molecule has 4 nitrogen and oxygen atoms in total. The molecule has 2 bridgehead atoms. The number of nitrogens with zero attached hydrogens (tertiary/aromatic N) is 3. The summed E-state index contributed by atoms with van der Waals surface area (Å²) in [5, 5.41) is 9.50. The number of rotatable bonds is 5. The van der Waals surface area contributed by atoms with Gasteiger partial charge in [-0.05, 0) is 43.9 Å². The molecule has 18 heavy (non-hydrogen) atoms. The zero-order chi connectivity index (χ0) is 12.5. The Hall–Kier alpha value is -0.550. The molecule has 0 spiro atoms. The van der Waals surface area contributed by atoms with Crippen LogP contribution in [0.2, 0.25) is 0 Å². The van der Waals surface area contributed by atoms with Gasteiger partial charge in [-0.15, -0.1) is 10.2 Å². The molecule has 1 aromatic rings. The molecule has 0 amide bonds. The fourth-order valence-corrected chi connectivity index (χ4v) is 4.92. The van der Waals surface area contributed by atoms with E-state index in [0.29, 0.717) is 6.54 Å². The molecule has 2 N–H and O–H groups in total. The van der Waals surface area contributed by atoms with Crippen LogP contribution in [0.25, 0.3) is 0 Å². The van der Waals surface area contributed by atoms with Crippen LogP contribution in [0.5, 0.6) is 0 Å². The Morgan fingerprint density at radius 3 is 2.83 bits per heavy atom. The molecule has 3 unspecified atom stereocenters. The Kier molecular flexibility index (Phi) is 3.61. The van der Waals surface area contributed by atoms with Gasteiger partial charge in [-0.2, -0.15) is 0 Å². The van der Waals surface area contributed by atoms with Crippen molar-refractivity contribution in [3.8, 4) is 0 Å². The van der Waals surface area contributed by atoms with Crippen molar-refractivity contribution in [2.24, 2.45) is 23.5 Å². The lowest BCUT2D eigenvalue weighted by atomic mass is 9.90. The van der Waals surface area contributed by atoms with Crippen molar-refractivity contribution >= 4 is 11.8 Å². The van der Waals surface area contributed by atoms with Crippen molar-refractivity contribution < 1.29 is 0 Å². The predicted molar refractivity (Wildman–Crippen MR) is 73.2 cm³/mol. The largest absolute Gasteiger partial charge is 0.324 e. The highest BCUT2D eigenvalue weighted by atomic mass is 32.2. The normalized spacial score (nSPS) is 30.2. The van der Waals surface area contributed by atoms with Crippen LogP contribution in [0.1, 0.15) is 38.4 Å². The maximum absolute atomic E-state index is 5.67. The third-order valence-electron chi connectivity index (χ3n) is 4.60. The van der Waals surface area contributed by atoms with E-state index in [-0.39, 0.29) is 0 Å². The van der Waals surface area contributed by atoms with Gasteiger partial charge in [-0.3, -0.25) is 0 Å². The average Bonchev–Trinajstić information content (AvgIpc) is 3.09. The third-order valence-corrected chi connectivity index (χ3v) is 5.76. The lowest BCUT2D eigenvalue weighted by Gasteiger charge is -2.20. The maximum Gasteiger partial charge on any atom is 0.191 e. The number of fused-ring (bicyclic) bond motifs is 2. The molecule has 1 heterocycles. The number of aromatic nitrogens is 3. The minimum absolute atomic E-state index is 0.482. The highest BCUT2D eigenvalue weighted by Crippen LogP contribution is 2.49. The fraction of sp³-hybridized carbons (Fsp3) is 0.846. The zero-order valence-electron chi connectivity index (χ0n) is 11.0. The molecule has 0 saturated heterocycles. The van der Waals surface area contributed by atoms with Crippen LogP contribution < -0.4 is 5.73 Å². The summed E-state index contributed by atoms with van der Waals surface area (Å²) in [5.74, 6) is 5.06. The van der Waals surface area contributed by atoms with E-state index in [9.17, 15) is 0 Å². The molecule has 2 aliphatic carbocycles. The highest BCUT2D eigenvalue weighted by molar-refractivity contribution is 7.99. The van der Waals surface area contributed by atoms with Crippen LogP contribution >= 0.6 is 11.8 Å². The molecule has 3 atom stereocenters. The summed E-state index contributed by atoms with van der Waals surface area (Å²) < 4.78 is 2.15. The Bertz CT molecular complexity index is 417. The second-order valence-corrected chi connectivity index (χ2v) is 6.58. The molecule has 0 radical (unpaired) electrons. The van der Waals surface area contributed by atoms with Crippen LogP contribution in [-0.4, -0.2) is 20.5 Å². The van der Waals surface area contributed by atoms with Gasteiger partial charge in [0.25, 0.3) is 0 Å². The lowest BCUT2D eigenvalue weighted by molar-refractivity contribution is 0.365. The molecule has 2 aliphatic rings. The second kappa shape index (κ2) is 5.21. The summed E-state index contributed by atoms with van der Waals surface area (Å²) in [6.07, 6.45) is 5.88. The van der Waals surface area contributed by atoms with E-state index in [1.807, 2.05) is 11.8 Å². The minimum Gasteiger partial charge on any atom is -0.324 e. The highest BCUT2D eigenvalue weighted by Gasteiger charge is 2.39. The standard InChI is InChI=1S/C13H22N4S/c1-2-17-12(7-14)15-16-13(17)18-8-11-6-9-3-4-10(11)5-9/h9-11H,2-8,14H2,1H3. The summed E-state index contributed by atoms with van der Waals surface area (Å²) in [5.41, 5.74) is 5.67. The van der Waals surface area contributed by atoms with Crippen molar-refractivity contribution in [1.29, 1.82) is 0 Å². The van der Waals surface area contributed by atoms with Gasteiger partial charge in [0.1, 0.15) is 5.82 Å². The van der Waals surface area contributed by atoms with Gasteiger partial charge in [-0.1, -0.05) is 18.2 Å². The summed E-state index contributed by atoms with van der Waals surface area (Å²) >= 11 is 1.88. The Balaban J connectivity index is 1.61. The van der Waals surface area contributed by atoms with E-state index in [4.69, 9.17) is 5.73 Å². The fourth-order valence-electron chi connectivity index (χ4n) is 3.66. The van der Waals surface area contributed by atoms with Crippen LogP contribution in [0, 0.1) is 17.8 Å². The summed E-state index contributed by atoms with van der Waals surface area (Å²) in [7, 11) is 0. The topological polar surface area (TPSA) is 56.7 Å². The molecule has 3 rings (SSSR count). The molecular formula is C13H22N4S. The summed E-state index contributed by atoms with van der Waals surface area (Å²) in [6, 6.07) is 0.